The Balaban J connectivity index is 0.000000356. The number of aliphatic imine (C=N–C) groups is 2. The minimum absolute atomic E-state index is 0.0548. The number of nitrogens with one attached hydrogen (secondary N) is 2. The van der Waals surface area contributed by atoms with E-state index >= 15 is 0 Å². The smallest absolute Gasteiger partial charge is 0.142 e. The Bertz CT molecular complexity index is 916. The monoisotopic (exact) mass is 572 g/mol. The second kappa shape index (κ2) is 19.9. The number of nitrogens with two attached hydrogens (primary N) is 1. The molecular formula is C31H52N6O2S. The zero-order valence-corrected chi connectivity index (χ0v) is 25.9. The molecule has 5 N–H and O–H groups in total. The summed E-state index contributed by atoms with van der Waals surface area (Å²) in [6, 6.07) is 8.36. The van der Waals surface area contributed by atoms with Gasteiger partial charge in [-0.3, -0.25) is 14.8 Å². The third-order valence-electron chi connectivity index (χ3n) is 7.64. The molecule has 0 amide bonds. The molecule has 1 saturated carbocycles. The van der Waals surface area contributed by atoms with E-state index in [4.69, 9.17) is 0 Å². The molecule has 1 aromatic carbocycles. The van der Waals surface area contributed by atoms with Crippen LogP contribution in [0.15, 0.2) is 63.1 Å². The molecule has 0 aromatic heterocycles. The highest BCUT2D eigenvalue weighted by Gasteiger charge is 2.38. The number of rotatable bonds is 7. The lowest BCUT2D eigenvalue weighted by Crippen LogP contribution is -2.43. The molecule has 0 radical (unpaired) electrons. The topological polar surface area (TPSA) is 115 Å². The number of piperidine rings is 2. The molecule has 1 aromatic rings. The molecular weight excluding hydrogens is 520 g/mol. The predicted molar refractivity (Wildman–Crippen MR) is 173 cm³/mol. The lowest BCUT2D eigenvalue weighted by Gasteiger charge is -2.44. The maximum atomic E-state index is 10.3. The summed E-state index contributed by atoms with van der Waals surface area (Å²) in [4.78, 5) is 19.2. The van der Waals surface area contributed by atoms with E-state index in [9.17, 15) is 9.90 Å². The van der Waals surface area contributed by atoms with Gasteiger partial charge < -0.3 is 21.5 Å². The minimum atomic E-state index is -0.691. The van der Waals surface area contributed by atoms with E-state index in [0.717, 1.165) is 36.8 Å². The third kappa shape index (κ3) is 12.2. The molecule has 1 unspecified atom stereocenters. The summed E-state index contributed by atoms with van der Waals surface area (Å²) in [5, 5.41) is 16.4. The number of carbonyl (C=O) groups is 1. The van der Waals surface area contributed by atoms with E-state index in [1.807, 2.05) is 45.1 Å². The highest BCUT2D eigenvalue weighted by Crippen LogP contribution is 2.42. The molecule has 9 heteroatoms. The van der Waals surface area contributed by atoms with Gasteiger partial charge in [0.05, 0.1) is 11.3 Å². The van der Waals surface area contributed by atoms with E-state index in [-0.39, 0.29) is 5.92 Å². The summed E-state index contributed by atoms with van der Waals surface area (Å²) in [6.45, 7) is 13.6. The lowest BCUT2D eigenvalue weighted by molar-refractivity contribution is -0.104. The van der Waals surface area contributed by atoms with Gasteiger partial charge in [0.1, 0.15) is 6.29 Å². The van der Waals surface area contributed by atoms with E-state index in [1.165, 1.54) is 69.9 Å². The molecule has 224 valence electrons. The van der Waals surface area contributed by atoms with Gasteiger partial charge in [0.15, 0.2) is 0 Å². The number of carbonyl (C=O) groups excluding carboxylic acids is 1. The Labute approximate surface area is 246 Å². The number of hydrogen-bond donors (Lipinski definition) is 4. The van der Waals surface area contributed by atoms with E-state index in [2.05, 4.69) is 56.2 Å². The van der Waals surface area contributed by atoms with Crippen LogP contribution >= 0.6 is 11.9 Å². The second-order valence-corrected chi connectivity index (χ2v) is 11.7. The summed E-state index contributed by atoms with van der Waals surface area (Å²) < 4.78 is 2.52. The zero-order chi connectivity index (χ0) is 29.9. The number of nitrogens with zero attached hydrogens (tertiary/aromatic N) is 3. The molecule has 0 bridgehead atoms. The Morgan fingerprint density at radius 2 is 1.73 bits per heavy atom. The largest absolute Gasteiger partial charge is 0.390 e. The van der Waals surface area contributed by atoms with Gasteiger partial charge in [0.2, 0.25) is 0 Å². The molecule has 3 fully saturated rings. The quantitative estimate of drug-likeness (QED) is 0.122. The van der Waals surface area contributed by atoms with Crippen LogP contribution in [0.1, 0.15) is 51.9 Å². The van der Waals surface area contributed by atoms with E-state index in [0.29, 0.717) is 5.41 Å². The van der Waals surface area contributed by atoms with Crippen LogP contribution in [0.4, 0.5) is 5.69 Å². The fourth-order valence-corrected chi connectivity index (χ4v) is 6.37. The van der Waals surface area contributed by atoms with Crippen molar-refractivity contribution in [3.05, 3.63) is 48.2 Å². The highest BCUT2D eigenvalue weighted by molar-refractivity contribution is 7.97. The van der Waals surface area contributed by atoms with E-state index in [1.54, 1.807) is 12.3 Å². The van der Waals surface area contributed by atoms with Crippen LogP contribution in [0.3, 0.4) is 0 Å². The van der Waals surface area contributed by atoms with Crippen molar-refractivity contribution in [2.75, 3.05) is 47.3 Å². The number of benzene rings is 1. The zero-order valence-electron chi connectivity index (χ0n) is 25.1. The molecule has 2 atom stereocenters. The van der Waals surface area contributed by atoms with Crippen LogP contribution in [-0.4, -0.2) is 82.1 Å². The SMILES string of the molecule is C=N/C=C(/C=C\C=O)C1CCC[C@@]1(C)O.C=Nc1ccc(SN2CCC3(CCNCC3)CC2)cc1.CN.CNC. The van der Waals surface area contributed by atoms with Gasteiger partial charge in [-0.1, -0.05) is 6.08 Å². The number of aldehydes is 1. The summed E-state index contributed by atoms with van der Waals surface area (Å²) in [7, 11) is 5.25. The molecule has 2 aliphatic heterocycles. The third-order valence-corrected chi connectivity index (χ3v) is 8.74. The van der Waals surface area contributed by atoms with Crippen LogP contribution in [-0.2, 0) is 4.79 Å². The van der Waals surface area contributed by atoms with Crippen LogP contribution in [0, 0.1) is 11.3 Å². The van der Waals surface area contributed by atoms with Gasteiger partial charge >= 0.3 is 0 Å². The van der Waals surface area contributed by atoms with Gasteiger partial charge in [-0.25, -0.2) is 4.31 Å². The first kappa shape index (κ1) is 35.9. The molecule has 4 rings (SSSR count). The summed E-state index contributed by atoms with van der Waals surface area (Å²) in [5.74, 6) is 0.0548. The Kier molecular flexibility index (Phi) is 17.8. The predicted octanol–water partition coefficient (Wildman–Crippen LogP) is 4.78. The van der Waals surface area contributed by atoms with Gasteiger partial charge in [-0.2, -0.15) is 0 Å². The molecule has 8 nitrogen and oxygen atoms in total. The second-order valence-electron chi connectivity index (χ2n) is 10.5. The van der Waals surface area contributed by atoms with Gasteiger partial charge in [-0.05, 0) is 153 Å². The lowest BCUT2D eigenvalue weighted by atomic mass is 9.72. The first-order valence-corrected chi connectivity index (χ1v) is 15.0. The maximum absolute atomic E-state index is 10.3. The molecule has 3 aliphatic rings. The summed E-state index contributed by atoms with van der Waals surface area (Å²) >= 11 is 1.89. The van der Waals surface area contributed by atoms with Gasteiger partial charge in [0, 0.05) is 30.1 Å². The molecule has 40 heavy (non-hydrogen) atoms. The Hall–Kier alpha value is -2.14. The molecule has 2 saturated heterocycles. The van der Waals surface area contributed by atoms with Crippen molar-refractivity contribution in [2.45, 2.75) is 62.4 Å². The summed E-state index contributed by atoms with van der Waals surface area (Å²) in [6.07, 6.45) is 13.6. The van der Waals surface area contributed by atoms with Gasteiger partial charge in [-0.15, -0.1) is 0 Å². The Morgan fingerprint density at radius 3 is 2.20 bits per heavy atom. The first-order valence-electron chi connectivity index (χ1n) is 14.2. The van der Waals surface area contributed by atoms with Crippen LogP contribution in [0.25, 0.3) is 0 Å². The summed E-state index contributed by atoms with van der Waals surface area (Å²) in [5.41, 5.74) is 6.27. The van der Waals surface area contributed by atoms with E-state index < -0.39 is 5.60 Å². The van der Waals surface area contributed by atoms with Crippen LogP contribution < -0.4 is 16.4 Å². The Morgan fingerprint density at radius 1 is 1.12 bits per heavy atom. The van der Waals surface area contributed by atoms with Crippen molar-refractivity contribution in [3.8, 4) is 0 Å². The van der Waals surface area contributed by atoms with Crippen molar-refractivity contribution in [2.24, 2.45) is 27.1 Å². The van der Waals surface area contributed by atoms with Crippen LogP contribution in [0.2, 0.25) is 0 Å². The fraction of sp³-hybridized carbons (Fsp3) is 0.581. The average Bonchev–Trinajstić information content (AvgIpc) is 3.34. The van der Waals surface area contributed by atoms with Crippen molar-refractivity contribution < 1.29 is 9.90 Å². The number of hydrogen-bond acceptors (Lipinski definition) is 9. The first-order chi connectivity index (χ1) is 19.3. The number of aliphatic hydroxyl groups is 1. The minimum Gasteiger partial charge on any atom is -0.390 e. The maximum Gasteiger partial charge on any atom is 0.142 e. The van der Waals surface area contributed by atoms with Crippen LogP contribution in [0.5, 0.6) is 0 Å². The molecule has 1 spiro atoms. The molecule has 1 aliphatic carbocycles. The van der Waals surface area contributed by atoms with Crippen molar-refractivity contribution >= 4 is 37.4 Å². The number of allylic oxidation sites excluding steroid dienone is 2. The standard InChI is InChI=1S/C16H23N3S.C12H17NO2.C2H7N.CH5N/c1-17-14-2-4-15(5-3-14)20-19-12-8-16(9-13-19)6-10-18-11-7-16;1-12(15)7-3-6-11(12)10(9-13-2)5-4-8-14;1-3-2;1-2/h2-5,18H,1,6-13H2;4-5,8-9,11,15H,2-3,6-7H2,1H3;3H,1-2H3;2H2,1H3/b;5-4-,10-9-;;/t;11?,12-;;/m.1../s1. The van der Waals surface area contributed by atoms with Crippen molar-refractivity contribution in [3.63, 3.8) is 0 Å². The fourth-order valence-electron chi connectivity index (χ4n) is 5.45. The van der Waals surface area contributed by atoms with Gasteiger partial charge in [0.25, 0.3) is 0 Å². The van der Waals surface area contributed by atoms with Crippen molar-refractivity contribution in [1.82, 2.24) is 14.9 Å². The van der Waals surface area contributed by atoms with Crippen molar-refractivity contribution in [1.29, 1.82) is 0 Å². The molecule has 2 heterocycles. The normalized spacial score (nSPS) is 24.1. The highest BCUT2D eigenvalue weighted by atomic mass is 32.2. The average molecular weight is 573 g/mol.